The van der Waals surface area contributed by atoms with Crippen molar-refractivity contribution in [2.75, 3.05) is 6.61 Å². The molecule has 0 amide bonds. The van der Waals surface area contributed by atoms with Crippen LogP contribution in [0, 0.1) is 5.92 Å². The SMILES string of the molecule is CCOc1ccc(Cc2cc(C3OC4CCC4C(O)[C@H]3O)ccc2Cl)cc1. The van der Waals surface area contributed by atoms with Gasteiger partial charge < -0.3 is 19.7 Å². The van der Waals surface area contributed by atoms with Gasteiger partial charge in [0.1, 0.15) is 18.0 Å². The molecular formula is C22H25ClO4. The Balaban J connectivity index is 1.54. The highest BCUT2D eigenvalue weighted by Gasteiger charge is 2.49. The quantitative estimate of drug-likeness (QED) is 0.815. The topological polar surface area (TPSA) is 58.9 Å². The van der Waals surface area contributed by atoms with Crippen molar-refractivity contribution in [3.8, 4) is 5.75 Å². The molecule has 1 aliphatic carbocycles. The summed E-state index contributed by atoms with van der Waals surface area (Å²) in [5, 5.41) is 21.6. The van der Waals surface area contributed by atoms with E-state index in [0.29, 0.717) is 18.1 Å². The molecule has 0 radical (unpaired) electrons. The van der Waals surface area contributed by atoms with Crippen molar-refractivity contribution in [1.29, 1.82) is 0 Å². The van der Waals surface area contributed by atoms with Crippen molar-refractivity contribution in [1.82, 2.24) is 0 Å². The van der Waals surface area contributed by atoms with Gasteiger partial charge in [-0.15, -0.1) is 0 Å². The Bertz CT molecular complexity index is 791. The standard InChI is InChI=1S/C22H25ClO4/c1-2-26-16-6-3-13(4-7-16)11-15-12-14(5-9-18(15)23)22-21(25)20(24)17-8-10-19(17)27-22/h3-7,9,12,17,19-22,24-25H,2,8,10-11H2,1H3/t17?,19?,20?,21-,22?/m1/s1. The van der Waals surface area contributed by atoms with Gasteiger partial charge in [-0.25, -0.2) is 0 Å². The molecule has 4 unspecified atom stereocenters. The number of fused-ring (bicyclic) bond motifs is 1. The van der Waals surface area contributed by atoms with Crippen molar-refractivity contribution in [3.05, 3.63) is 64.2 Å². The molecule has 5 heteroatoms. The first-order valence-corrected chi connectivity index (χ1v) is 9.96. The van der Waals surface area contributed by atoms with Gasteiger partial charge in [-0.05, 0) is 61.1 Å². The molecule has 1 saturated carbocycles. The molecule has 1 saturated heterocycles. The van der Waals surface area contributed by atoms with Crippen molar-refractivity contribution < 1.29 is 19.7 Å². The molecule has 0 spiro atoms. The number of aliphatic hydroxyl groups is 2. The van der Waals surface area contributed by atoms with Crippen LogP contribution in [0.15, 0.2) is 42.5 Å². The van der Waals surface area contributed by atoms with E-state index in [2.05, 4.69) is 0 Å². The number of ether oxygens (including phenoxy) is 2. The average Bonchev–Trinajstić information content (AvgIpc) is 2.64. The van der Waals surface area contributed by atoms with Crippen LogP contribution in [0.1, 0.15) is 42.6 Å². The first-order chi connectivity index (χ1) is 13.1. The fourth-order valence-electron chi connectivity index (χ4n) is 4.03. The second kappa shape index (κ2) is 7.80. The molecule has 1 heterocycles. The molecule has 2 N–H and O–H groups in total. The van der Waals surface area contributed by atoms with Crippen LogP contribution < -0.4 is 4.74 Å². The molecule has 2 aromatic carbocycles. The lowest BCUT2D eigenvalue weighted by Crippen LogP contribution is -2.55. The van der Waals surface area contributed by atoms with Crippen LogP contribution in [0.25, 0.3) is 0 Å². The summed E-state index contributed by atoms with van der Waals surface area (Å²) < 4.78 is 11.6. The zero-order valence-corrected chi connectivity index (χ0v) is 16.1. The van der Waals surface area contributed by atoms with Crippen molar-refractivity contribution in [2.45, 2.75) is 50.6 Å². The Labute approximate surface area is 164 Å². The number of aliphatic hydroxyl groups excluding tert-OH is 2. The van der Waals surface area contributed by atoms with Gasteiger partial charge in [0.2, 0.25) is 0 Å². The highest BCUT2D eigenvalue weighted by molar-refractivity contribution is 6.31. The van der Waals surface area contributed by atoms with E-state index < -0.39 is 18.3 Å². The first kappa shape index (κ1) is 18.8. The van der Waals surface area contributed by atoms with Gasteiger partial charge in [0.15, 0.2) is 0 Å². The zero-order chi connectivity index (χ0) is 19.0. The van der Waals surface area contributed by atoms with Crippen LogP contribution in [0.4, 0.5) is 0 Å². The van der Waals surface area contributed by atoms with E-state index in [1.807, 2.05) is 49.4 Å². The number of hydrogen-bond donors (Lipinski definition) is 2. The highest BCUT2D eigenvalue weighted by Crippen LogP contribution is 2.45. The number of halogens is 1. The predicted octanol–water partition coefficient (Wildman–Crippen LogP) is 3.90. The minimum Gasteiger partial charge on any atom is -0.494 e. The molecule has 1 aliphatic heterocycles. The Morgan fingerprint density at radius 2 is 1.85 bits per heavy atom. The Hall–Kier alpha value is -1.59. The van der Waals surface area contributed by atoms with E-state index in [0.717, 1.165) is 35.3 Å². The molecule has 0 aromatic heterocycles. The summed E-state index contributed by atoms with van der Waals surface area (Å²) in [5.74, 6) is 0.913. The maximum absolute atomic E-state index is 10.5. The third kappa shape index (κ3) is 3.72. The Kier molecular flexibility index (Phi) is 5.42. The molecule has 2 aromatic rings. The lowest BCUT2D eigenvalue weighted by atomic mass is 9.72. The summed E-state index contributed by atoms with van der Waals surface area (Å²) in [7, 11) is 0. The molecule has 4 rings (SSSR count). The second-order valence-corrected chi connectivity index (χ2v) is 7.83. The van der Waals surface area contributed by atoms with E-state index in [-0.39, 0.29) is 12.0 Å². The van der Waals surface area contributed by atoms with Crippen LogP contribution in [-0.2, 0) is 11.2 Å². The third-order valence-electron chi connectivity index (χ3n) is 5.71. The van der Waals surface area contributed by atoms with E-state index in [1.165, 1.54) is 0 Å². The fraction of sp³-hybridized carbons (Fsp3) is 0.455. The van der Waals surface area contributed by atoms with Gasteiger partial charge in [0, 0.05) is 10.9 Å². The maximum Gasteiger partial charge on any atom is 0.119 e. The number of hydrogen-bond acceptors (Lipinski definition) is 4. The zero-order valence-electron chi connectivity index (χ0n) is 15.3. The Morgan fingerprint density at radius 3 is 2.52 bits per heavy atom. The molecule has 27 heavy (non-hydrogen) atoms. The molecule has 4 nitrogen and oxygen atoms in total. The monoisotopic (exact) mass is 388 g/mol. The normalized spacial score (nSPS) is 29.7. The minimum atomic E-state index is -0.911. The van der Waals surface area contributed by atoms with E-state index in [9.17, 15) is 10.2 Å². The van der Waals surface area contributed by atoms with Gasteiger partial charge in [0.05, 0.1) is 18.8 Å². The second-order valence-electron chi connectivity index (χ2n) is 7.42. The van der Waals surface area contributed by atoms with E-state index in [1.54, 1.807) is 0 Å². The van der Waals surface area contributed by atoms with Crippen LogP contribution in [0.5, 0.6) is 5.75 Å². The largest absolute Gasteiger partial charge is 0.494 e. The molecule has 5 atom stereocenters. The van der Waals surface area contributed by atoms with Gasteiger partial charge in [-0.1, -0.05) is 35.9 Å². The molecule has 2 fully saturated rings. The van der Waals surface area contributed by atoms with Crippen molar-refractivity contribution >= 4 is 11.6 Å². The van der Waals surface area contributed by atoms with Crippen LogP contribution in [0.2, 0.25) is 5.02 Å². The van der Waals surface area contributed by atoms with Gasteiger partial charge in [-0.2, -0.15) is 0 Å². The summed E-state index contributed by atoms with van der Waals surface area (Å²) in [4.78, 5) is 0. The van der Waals surface area contributed by atoms with Gasteiger partial charge >= 0.3 is 0 Å². The average molecular weight is 389 g/mol. The van der Waals surface area contributed by atoms with Gasteiger partial charge in [0.25, 0.3) is 0 Å². The van der Waals surface area contributed by atoms with Gasteiger partial charge in [-0.3, -0.25) is 0 Å². The third-order valence-corrected chi connectivity index (χ3v) is 6.08. The Morgan fingerprint density at radius 1 is 1.07 bits per heavy atom. The van der Waals surface area contributed by atoms with E-state index >= 15 is 0 Å². The molecule has 2 aliphatic rings. The summed E-state index contributed by atoms with van der Waals surface area (Å²) in [6.45, 7) is 2.61. The highest BCUT2D eigenvalue weighted by atomic mass is 35.5. The first-order valence-electron chi connectivity index (χ1n) is 9.58. The smallest absolute Gasteiger partial charge is 0.119 e. The minimum absolute atomic E-state index is 0.0404. The van der Waals surface area contributed by atoms with Crippen molar-refractivity contribution in [2.24, 2.45) is 5.92 Å². The van der Waals surface area contributed by atoms with Crippen LogP contribution in [-0.4, -0.2) is 35.1 Å². The summed E-state index contributed by atoms with van der Waals surface area (Å²) in [5.41, 5.74) is 2.96. The summed E-state index contributed by atoms with van der Waals surface area (Å²) >= 11 is 6.42. The summed E-state index contributed by atoms with van der Waals surface area (Å²) in [6.07, 6.45) is 0.420. The lowest BCUT2D eigenvalue weighted by molar-refractivity contribution is -0.233. The summed E-state index contributed by atoms with van der Waals surface area (Å²) in [6, 6.07) is 13.7. The maximum atomic E-state index is 10.5. The predicted molar refractivity (Wildman–Crippen MR) is 104 cm³/mol. The van der Waals surface area contributed by atoms with E-state index in [4.69, 9.17) is 21.1 Å². The lowest BCUT2D eigenvalue weighted by Gasteiger charge is -2.49. The number of benzene rings is 2. The molecule has 144 valence electrons. The fourth-order valence-corrected chi connectivity index (χ4v) is 4.21. The molecular weight excluding hydrogens is 364 g/mol. The number of rotatable bonds is 5. The van der Waals surface area contributed by atoms with Crippen molar-refractivity contribution in [3.63, 3.8) is 0 Å². The van der Waals surface area contributed by atoms with Crippen LogP contribution >= 0.6 is 11.6 Å². The molecule has 0 bridgehead atoms. The van der Waals surface area contributed by atoms with Crippen LogP contribution in [0.3, 0.4) is 0 Å².